The van der Waals surface area contributed by atoms with Crippen LogP contribution in [0.25, 0.3) is 0 Å². The van der Waals surface area contributed by atoms with Gasteiger partial charge in [-0.1, -0.05) is 42.3 Å². The molecule has 0 fully saturated rings. The molecule has 2 aromatic carbocycles. The average molecular weight is 573 g/mol. The lowest BCUT2D eigenvalue weighted by Gasteiger charge is -2.32. The smallest absolute Gasteiger partial charge is 0.243 e. The van der Waals surface area contributed by atoms with E-state index in [0.29, 0.717) is 33.5 Å². The van der Waals surface area contributed by atoms with Gasteiger partial charge in [0.15, 0.2) is 0 Å². The van der Waals surface area contributed by atoms with Crippen LogP contribution < -0.4 is 14.4 Å². The van der Waals surface area contributed by atoms with Crippen LogP contribution in [-0.4, -0.2) is 57.1 Å². The molecule has 0 aliphatic rings. The number of rotatable bonds is 13. The maximum atomic E-state index is 13.5. The van der Waals surface area contributed by atoms with Crippen molar-refractivity contribution in [2.45, 2.75) is 58.7 Å². The van der Waals surface area contributed by atoms with Gasteiger partial charge in [0.2, 0.25) is 21.8 Å². The van der Waals surface area contributed by atoms with Crippen LogP contribution in [0.4, 0.5) is 5.69 Å². The highest BCUT2D eigenvalue weighted by molar-refractivity contribution is 7.92. The molecule has 0 radical (unpaired) electrons. The molecule has 0 aromatic heterocycles. The van der Waals surface area contributed by atoms with Crippen LogP contribution in [0.3, 0.4) is 0 Å². The normalized spacial score (nSPS) is 12.2. The van der Waals surface area contributed by atoms with Gasteiger partial charge < -0.3 is 15.0 Å². The highest BCUT2D eigenvalue weighted by atomic mass is 35.5. The third kappa shape index (κ3) is 9.09. The summed E-state index contributed by atoms with van der Waals surface area (Å²) in [5.74, 6) is -0.0175. The fourth-order valence-electron chi connectivity index (χ4n) is 3.90. The van der Waals surface area contributed by atoms with Crippen molar-refractivity contribution >= 4 is 50.7 Å². The Balaban J connectivity index is 2.26. The zero-order chi connectivity index (χ0) is 27.8. The third-order valence-corrected chi connectivity index (χ3v) is 7.45. The molecule has 0 spiro atoms. The van der Waals surface area contributed by atoms with E-state index in [2.05, 4.69) is 5.32 Å². The van der Waals surface area contributed by atoms with Gasteiger partial charge in [0.05, 0.1) is 19.1 Å². The van der Waals surface area contributed by atoms with Crippen LogP contribution in [0, 0.1) is 0 Å². The molecular weight excluding hydrogens is 537 g/mol. The van der Waals surface area contributed by atoms with Gasteiger partial charge in [-0.05, 0) is 56.5 Å². The number of hydrogen-bond donors (Lipinski definition) is 1. The zero-order valence-corrected chi connectivity index (χ0v) is 24.2. The number of sulfonamides is 1. The molecule has 2 aromatic rings. The van der Waals surface area contributed by atoms with Gasteiger partial charge in [0, 0.05) is 41.7 Å². The third-order valence-electron chi connectivity index (χ3n) is 5.67. The number of benzene rings is 2. The first-order chi connectivity index (χ1) is 17.4. The summed E-state index contributed by atoms with van der Waals surface area (Å²) in [6.45, 7) is 5.74. The van der Waals surface area contributed by atoms with E-state index in [1.807, 2.05) is 20.8 Å². The molecular formula is C26H35Cl2N3O5S. The summed E-state index contributed by atoms with van der Waals surface area (Å²) in [4.78, 5) is 27.9. The van der Waals surface area contributed by atoms with E-state index < -0.39 is 16.1 Å². The lowest BCUT2D eigenvalue weighted by atomic mass is 10.1. The highest BCUT2D eigenvalue weighted by Gasteiger charge is 2.29. The fourth-order valence-corrected chi connectivity index (χ4v) is 5.33. The Morgan fingerprint density at radius 1 is 1.11 bits per heavy atom. The maximum absolute atomic E-state index is 13.5. The average Bonchev–Trinajstić information content (AvgIpc) is 2.81. The number of halogens is 2. The number of ether oxygens (including phenoxy) is 1. The summed E-state index contributed by atoms with van der Waals surface area (Å²) in [6.07, 6.45) is 1.80. The van der Waals surface area contributed by atoms with Crippen molar-refractivity contribution in [2.24, 2.45) is 0 Å². The molecule has 0 heterocycles. The molecule has 0 aliphatic carbocycles. The summed E-state index contributed by atoms with van der Waals surface area (Å²) >= 11 is 12.4. The van der Waals surface area contributed by atoms with Gasteiger partial charge in [-0.3, -0.25) is 13.9 Å². The Labute approximate surface area is 229 Å². The van der Waals surface area contributed by atoms with Crippen molar-refractivity contribution in [3.63, 3.8) is 0 Å². The van der Waals surface area contributed by atoms with Crippen LogP contribution >= 0.6 is 23.2 Å². The molecule has 2 amide bonds. The Morgan fingerprint density at radius 3 is 2.38 bits per heavy atom. The number of carbonyl (C=O) groups excluding carboxylic acids is 2. The first kappa shape index (κ1) is 30.7. The SMILES string of the molecule is CC[C@H](C(=O)NC(C)C)N(Cc1ccc(Cl)cc1Cl)C(=O)CCCN(c1cccc(OC)c1)S(C)(=O)=O. The molecule has 37 heavy (non-hydrogen) atoms. The van der Waals surface area contributed by atoms with Crippen molar-refractivity contribution in [2.75, 3.05) is 24.2 Å². The van der Waals surface area contributed by atoms with E-state index in [-0.39, 0.29) is 43.8 Å². The lowest BCUT2D eigenvalue weighted by Crippen LogP contribution is -2.50. The molecule has 0 bridgehead atoms. The lowest BCUT2D eigenvalue weighted by molar-refractivity contribution is -0.141. The number of nitrogens with zero attached hydrogens (tertiary/aromatic N) is 2. The number of carbonyl (C=O) groups is 2. The minimum absolute atomic E-state index is 0.0344. The van der Waals surface area contributed by atoms with Crippen molar-refractivity contribution in [3.8, 4) is 5.75 Å². The van der Waals surface area contributed by atoms with Gasteiger partial charge in [-0.25, -0.2) is 8.42 Å². The molecule has 1 atom stereocenters. The monoisotopic (exact) mass is 571 g/mol. The second kappa shape index (κ2) is 13.9. The van der Waals surface area contributed by atoms with Crippen LogP contribution in [0.15, 0.2) is 42.5 Å². The summed E-state index contributed by atoms with van der Waals surface area (Å²) < 4.78 is 31.5. The van der Waals surface area contributed by atoms with Gasteiger partial charge in [-0.2, -0.15) is 0 Å². The van der Waals surface area contributed by atoms with Gasteiger partial charge in [0.1, 0.15) is 11.8 Å². The van der Waals surface area contributed by atoms with E-state index in [0.717, 1.165) is 6.26 Å². The standard InChI is InChI=1S/C26H35Cl2N3O5S/c1-6-24(26(33)29-18(2)3)30(17-19-12-13-20(27)15-23(19)28)25(32)11-8-14-31(37(5,34)35)21-9-7-10-22(16-21)36-4/h7,9-10,12-13,15-16,18,24H,6,8,11,14,17H2,1-5H3,(H,29,33)/t24-/m1/s1. The van der Waals surface area contributed by atoms with Crippen molar-refractivity contribution in [3.05, 3.63) is 58.1 Å². The topological polar surface area (TPSA) is 96.0 Å². The molecule has 204 valence electrons. The Morgan fingerprint density at radius 2 is 1.81 bits per heavy atom. The van der Waals surface area contributed by atoms with Crippen molar-refractivity contribution in [1.82, 2.24) is 10.2 Å². The number of methoxy groups -OCH3 is 1. The van der Waals surface area contributed by atoms with Crippen LogP contribution in [0.5, 0.6) is 5.75 Å². The minimum atomic E-state index is -3.61. The molecule has 8 nitrogen and oxygen atoms in total. The van der Waals surface area contributed by atoms with E-state index in [9.17, 15) is 18.0 Å². The van der Waals surface area contributed by atoms with Gasteiger partial charge >= 0.3 is 0 Å². The number of amides is 2. The molecule has 0 unspecified atom stereocenters. The first-order valence-corrected chi connectivity index (χ1v) is 14.6. The predicted octanol–water partition coefficient (Wildman–Crippen LogP) is 4.88. The molecule has 2 rings (SSSR count). The van der Waals surface area contributed by atoms with Gasteiger partial charge in [-0.15, -0.1) is 0 Å². The Hall–Kier alpha value is -2.49. The maximum Gasteiger partial charge on any atom is 0.243 e. The summed E-state index contributed by atoms with van der Waals surface area (Å²) in [5, 5.41) is 3.74. The van der Waals surface area contributed by atoms with Crippen molar-refractivity contribution < 1.29 is 22.7 Å². The van der Waals surface area contributed by atoms with Crippen LogP contribution in [-0.2, 0) is 26.2 Å². The second-order valence-corrected chi connectivity index (χ2v) is 11.7. The van der Waals surface area contributed by atoms with Crippen LogP contribution in [0.1, 0.15) is 45.6 Å². The van der Waals surface area contributed by atoms with Gasteiger partial charge in [0.25, 0.3) is 0 Å². The van der Waals surface area contributed by atoms with Crippen LogP contribution in [0.2, 0.25) is 10.0 Å². The number of hydrogen-bond acceptors (Lipinski definition) is 5. The quantitative estimate of drug-likeness (QED) is 0.369. The molecule has 0 aliphatic heterocycles. The van der Waals surface area contributed by atoms with E-state index in [4.69, 9.17) is 27.9 Å². The first-order valence-electron chi connectivity index (χ1n) is 12.0. The second-order valence-electron chi connectivity index (χ2n) is 8.98. The molecule has 11 heteroatoms. The number of nitrogens with one attached hydrogen (secondary N) is 1. The summed E-state index contributed by atoms with van der Waals surface area (Å²) in [6, 6.07) is 10.9. The minimum Gasteiger partial charge on any atom is -0.497 e. The van der Waals surface area contributed by atoms with Crippen molar-refractivity contribution in [1.29, 1.82) is 0 Å². The van der Waals surface area contributed by atoms with E-state index in [1.165, 1.54) is 16.3 Å². The fraction of sp³-hybridized carbons (Fsp3) is 0.462. The molecule has 0 saturated heterocycles. The number of anilines is 1. The summed E-state index contributed by atoms with van der Waals surface area (Å²) in [5.41, 5.74) is 1.10. The predicted molar refractivity (Wildman–Crippen MR) is 149 cm³/mol. The Kier molecular flexibility index (Phi) is 11.5. The highest BCUT2D eigenvalue weighted by Crippen LogP contribution is 2.26. The molecule has 1 N–H and O–H groups in total. The van der Waals surface area contributed by atoms with E-state index >= 15 is 0 Å². The van der Waals surface area contributed by atoms with E-state index in [1.54, 1.807) is 42.5 Å². The largest absolute Gasteiger partial charge is 0.497 e. The summed E-state index contributed by atoms with van der Waals surface area (Å²) in [7, 11) is -2.10. The Bertz CT molecular complexity index is 1190. The molecule has 0 saturated carbocycles. The zero-order valence-electron chi connectivity index (χ0n) is 21.8.